The van der Waals surface area contributed by atoms with Gasteiger partial charge >= 0.3 is 6.09 Å². The molecule has 1 amide bonds. The number of rotatable bonds is 4. The third-order valence-electron chi connectivity index (χ3n) is 3.40. The van der Waals surface area contributed by atoms with Gasteiger partial charge in [0, 0.05) is 18.6 Å². The summed E-state index contributed by atoms with van der Waals surface area (Å²) >= 11 is 0. The van der Waals surface area contributed by atoms with E-state index in [2.05, 4.69) is 5.32 Å². The van der Waals surface area contributed by atoms with E-state index in [-0.39, 0.29) is 18.2 Å². The fourth-order valence-electron chi connectivity index (χ4n) is 2.45. The molecular weight excluding hydrogens is 240 g/mol. The number of nitrogens with one attached hydrogen (secondary N) is 1. The van der Waals surface area contributed by atoms with Crippen molar-refractivity contribution in [2.24, 2.45) is 0 Å². The lowest BCUT2D eigenvalue weighted by molar-refractivity contribution is 0.0707. The number of carbonyl (C=O) groups is 1. The number of benzene rings is 1. The molecule has 4 heteroatoms. The largest absolute Gasteiger partial charge is 0.445 e. The minimum absolute atomic E-state index is 0.160. The van der Waals surface area contributed by atoms with Crippen LogP contribution in [0.5, 0.6) is 0 Å². The van der Waals surface area contributed by atoms with Crippen LogP contribution < -0.4 is 5.32 Å². The van der Waals surface area contributed by atoms with Crippen LogP contribution in [0, 0.1) is 0 Å². The Hall–Kier alpha value is -1.55. The monoisotopic (exact) mass is 262 g/mol. The van der Waals surface area contributed by atoms with Crippen molar-refractivity contribution in [1.29, 1.82) is 0 Å². The van der Waals surface area contributed by atoms with Crippen LogP contribution >= 0.6 is 0 Å². The predicted molar refractivity (Wildman–Crippen MR) is 74.9 cm³/mol. The normalized spacial score (nSPS) is 18.6. The highest BCUT2D eigenvalue weighted by Crippen LogP contribution is 2.15. The van der Waals surface area contributed by atoms with E-state index in [9.17, 15) is 4.79 Å². The Bertz CT molecular complexity index is 400. The number of ether oxygens (including phenoxy) is 1. The molecule has 1 saturated heterocycles. The SMILES string of the molecule is CC(C)N(C(=O)OCc1ccccc1)[C@@H]1CCNC1. The molecule has 1 atom stereocenters. The topological polar surface area (TPSA) is 41.6 Å². The molecule has 1 aromatic rings. The van der Waals surface area contributed by atoms with Gasteiger partial charge in [-0.25, -0.2) is 4.79 Å². The Balaban J connectivity index is 1.92. The molecule has 104 valence electrons. The molecule has 0 aliphatic carbocycles. The first-order chi connectivity index (χ1) is 9.18. The fraction of sp³-hybridized carbons (Fsp3) is 0.533. The second-order valence-corrected chi connectivity index (χ2v) is 5.19. The van der Waals surface area contributed by atoms with E-state index in [4.69, 9.17) is 4.74 Å². The second-order valence-electron chi connectivity index (χ2n) is 5.19. The fourth-order valence-corrected chi connectivity index (χ4v) is 2.45. The zero-order valence-electron chi connectivity index (χ0n) is 11.6. The maximum absolute atomic E-state index is 12.2. The summed E-state index contributed by atoms with van der Waals surface area (Å²) in [6.45, 7) is 6.23. The van der Waals surface area contributed by atoms with Crippen molar-refractivity contribution in [3.05, 3.63) is 35.9 Å². The Morgan fingerprint density at radius 1 is 1.42 bits per heavy atom. The minimum Gasteiger partial charge on any atom is -0.445 e. The molecule has 0 unspecified atom stereocenters. The molecule has 1 aliphatic heterocycles. The van der Waals surface area contributed by atoms with E-state index in [0.717, 1.165) is 25.1 Å². The molecule has 4 nitrogen and oxygen atoms in total. The highest BCUT2D eigenvalue weighted by Gasteiger charge is 2.29. The summed E-state index contributed by atoms with van der Waals surface area (Å²) in [7, 11) is 0. The number of amides is 1. The van der Waals surface area contributed by atoms with Crippen molar-refractivity contribution in [3.63, 3.8) is 0 Å². The highest BCUT2D eigenvalue weighted by atomic mass is 16.6. The van der Waals surface area contributed by atoms with Gasteiger partial charge < -0.3 is 15.0 Å². The van der Waals surface area contributed by atoms with Crippen LogP contribution in [0.15, 0.2) is 30.3 Å². The van der Waals surface area contributed by atoms with Crippen molar-refractivity contribution >= 4 is 6.09 Å². The zero-order chi connectivity index (χ0) is 13.7. The lowest BCUT2D eigenvalue weighted by atomic mass is 10.2. The average molecular weight is 262 g/mol. The molecule has 2 rings (SSSR count). The molecule has 1 N–H and O–H groups in total. The van der Waals surface area contributed by atoms with Gasteiger partial charge in [-0.3, -0.25) is 0 Å². The summed E-state index contributed by atoms with van der Waals surface area (Å²) in [6, 6.07) is 10.2. The van der Waals surface area contributed by atoms with Gasteiger partial charge in [0.15, 0.2) is 0 Å². The van der Waals surface area contributed by atoms with Crippen LogP contribution in [0.25, 0.3) is 0 Å². The van der Waals surface area contributed by atoms with Crippen molar-refractivity contribution in [1.82, 2.24) is 10.2 Å². The summed E-state index contributed by atoms with van der Waals surface area (Å²) < 4.78 is 5.42. The zero-order valence-corrected chi connectivity index (χ0v) is 11.6. The third kappa shape index (κ3) is 3.70. The predicted octanol–water partition coefficient (Wildman–Crippen LogP) is 2.40. The molecular formula is C15H22N2O2. The third-order valence-corrected chi connectivity index (χ3v) is 3.40. The Morgan fingerprint density at radius 3 is 2.74 bits per heavy atom. The Kier molecular flexibility index (Phi) is 4.80. The molecule has 0 radical (unpaired) electrons. The molecule has 0 saturated carbocycles. The Morgan fingerprint density at radius 2 is 2.16 bits per heavy atom. The van der Waals surface area contributed by atoms with E-state index >= 15 is 0 Å². The quantitative estimate of drug-likeness (QED) is 0.906. The lowest BCUT2D eigenvalue weighted by Gasteiger charge is -2.31. The van der Waals surface area contributed by atoms with Gasteiger partial charge in [0.25, 0.3) is 0 Å². The van der Waals surface area contributed by atoms with Crippen LogP contribution in [0.3, 0.4) is 0 Å². The molecule has 0 aromatic heterocycles. The summed E-state index contributed by atoms with van der Waals surface area (Å²) in [4.78, 5) is 14.1. The summed E-state index contributed by atoms with van der Waals surface area (Å²) in [5, 5.41) is 3.29. The molecule has 1 aliphatic rings. The minimum atomic E-state index is -0.215. The number of hydrogen-bond acceptors (Lipinski definition) is 3. The molecule has 0 bridgehead atoms. The first kappa shape index (κ1) is 13.9. The summed E-state index contributed by atoms with van der Waals surface area (Å²) in [5.41, 5.74) is 1.02. The molecule has 1 fully saturated rings. The number of hydrogen-bond donors (Lipinski definition) is 1. The van der Waals surface area contributed by atoms with Gasteiger partial charge in [-0.2, -0.15) is 0 Å². The van der Waals surface area contributed by atoms with Crippen LogP contribution in [-0.2, 0) is 11.3 Å². The highest BCUT2D eigenvalue weighted by molar-refractivity contribution is 5.68. The van der Waals surface area contributed by atoms with Crippen LogP contribution in [0.2, 0.25) is 0 Å². The van der Waals surface area contributed by atoms with Crippen LogP contribution in [0.4, 0.5) is 4.79 Å². The van der Waals surface area contributed by atoms with Crippen molar-refractivity contribution in [2.75, 3.05) is 13.1 Å². The molecule has 0 spiro atoms. The number of carbonyl (C=O) groups excluding carboxylic acids is 1. The average Bonchev–Trinajstić information content (AvgIpc) is 2.91. The van der Waals surface area contributed by atoms with Crippen LogP contribution in [-0.4, -0.2) is 36.2 Å². The molecule has 1 aromatic carbocycles. The van der Waals surface area contributed by atoms with E-state index in [1.165, 1.54) is 0 Å². The van der Waals surface area contributed by atoms with Gasteiger partial charge in [0.05, 0.1) is 0 Å². The van der Waals surface area contributed by atoms with Gasteiger partial charge in [0.1, 0.15) is 6.61 Å². The van der Waals surface area contributed by atoms with E-state index in [1.807, 2.05) is 49.1 Å². The lowest BCUT2D eigenvalue weighted by Crippen LogP contribution is -2.46. The van der Waals surface area contributed by atoms with Crippen molar-refractivity contribution < 1.29 is 9.53 Å². The van der Waals surface area contributed by atoms with Gasteiger partial charge in [-0.15, -0.1) is 0 Å². The van der Waals surface area contributed by atoms with Gasteiger partial charge in [0.2, 0.25) is 0 Å². The maximum Gasteiger partial charge on any atom is 0.410 e. The standard InChI is InChI=1S/C15H22N2O2/c1-12(2)17(14-8-9-16-10-14)15(18)19-11-13-6-4-3-5-7-13/h3-7,12,14,16H,8-11H2,1-2H3/t14-/m1/s1. The summed E-state index contributed by atoms with van der Waals surface area (Å²) in [6.07, 6.45) is 0.783. The smallest absolute Gasteiger partial charge is 0.410 e. The van der Waals surface area contributed by atoms with Crippen LogP contribution in [0.1, 0.15) is 25.8 Å². The van der Waals surface area contributed by atoms with Gasteiger partial charge in [-0.05, 0) is 32.4 Å². The summed E-state index contributed by atoms with van der Waals surface area (Å²) in [5.74, 6) is 0. The van der Waals surface area contributed by atoms with Crippen molar-refractivity contribution in [2.45, 2.75) is 39.0 Å². The second kappa shape index (κ2) is 6.57. The van der Waals surface area contributed by atoms with Gasteiger partial charge in [-0.1, -0.05) is 30.3 Å². The van der Waals surface area contributed by atoms with Crippen molar-refractivity contribution in [3.8, 4) is 0 Å². The molecule has 1 heterocycles. The maximum atomic E-state index is 12.2. The first-order valence-electron chi connectivity index (χ1n) is 6.88. The van der Waals surface area contributed by atoms with E-state index in [1.54, 1.807) is 0 Å². The molecule has 19 heavy (non-hydrogen) atoms. The Labute approximate surface area is 114 Å². The number of nitrogens with zero attached hydrogens (tertiary/aromatic N) is 1. The first-order valence-corrected chi connectivity index (χ1v) is 6.88. The van der Waals surface area contributed by atoms with E-state index < -0.39 is 0 Å². The van der Waals surface area contributed by atoms with E-state index in [0.29, 0.717) is 6.61 Å².